The molecule has 1 fully saturated rings. The third-order valence-electron chi connectivity index (χ3n) is 2.95. The molecule has 0 unspecified atom stereocenters. The van der Waals surface area contributed by atoms with Crippen LogP contribution in [0.15, 0.2) is 46.0 Å². The summed E-state index contributed by atoms with van der Waals surface area (Å²) in [7, 11) is 0. The zero-order chi connectivity index (χ0) is 13.8. The van der Waals surface area contributed by atoms with Gasteiger partial charge in [-0.1, -0.05) is 30.3 Å². The molecular weight excluding hydrogens is 260 g/mol. The molecule has 1 aliphatic heterocycles. The number of rotatable bonds is 3. The third-order valence-corrected chi connectivity index (χ3v) is 2.95. The first-order valence-electron chi connectivity index (χ1n) is 6.36. The molecule has 1 aliphatic rings. The lowest BCUT2D eigenvalue weighted by Crippen LogP contribution is -2.62. The minimum absolute atomic E-state index is 0.186. The topological polar surface area (TPSA) is 77.8 Å². The predicted octanol–water partition coefficient (Wildman–Crippen LogP) is -0.631. The molecule has 1 aromatic carbocycles. The smallest absolute Gasteiger partial charge is 0.324 e. The molecule has 2 heterocycles. The maximum atomic E-state index is 11.9. The fourth-order valence-electron chi connectivity index (χ4n) is 1.92. The second kappa shape index (κ2) is 5.70. The fourth-order valence-corrected chi connectivity index (χ4v) is 1.92. The van der Waals surface area contributed by atoms with Crippen molar-refractivity contribution in [3.8, 4) is 0 Å². The Hall–Kier alpha value is -2.41. The molecule has 7 heteroatoms. The fraction of sp³-hybridized carbons (Fsp3) is 0.308. The first kappa shape index (κ1) is 12.6. The lowest BCUT2D eigenvalue weighted by Gasteiger charge is -2.18. The number of aromatic nitrogens is 2. The average molecular weight is 274 g/mol. The number of aliphatic imine (C=N–C) groups is 1. The van der Waals surface area contributed by atoms with Crippen LogP contribution >= 0.6 is 0 Å². The summed E-state index contributed by atoms with van der Waals surface area (Å²) in [4.78, 5) is 5.45. The van der Waals surface area contributed by atoms with Crippen molar-refractivity contribution >= 4 is 11.8 Å². The molecule has 104 valence electrons. The van der Waals surface area contributed by atoms with E-state index in [1.54, 1.807) is 35.3 Å². The molecule has 0 N–H and O–H groups in total. The van der Waals surface area contributed by atoms with E-state index in [4.69, 9.17) is 9.26 Å². The van der Waals surface area contributed by atoms with Gasteiger partial charge in [0.15, 0.2) is 0 Å². The van der Waals surface area contributed by atoms with Crippen LogP contribution in [0.2, 0.25) is 0 Å². The molecule has 20 heavy (non-hydrogen) atoms. The summed E-state index contributed by atoms with van der Waals surface area (Å²) in [6.07, 6.45) is 1.59. The Balaban J connectivity index is 1.76. The molecular formula is C13H14N4O3. The Kier molecular flexibility index (Phi) is 3.60. The number of hydrogen-bond donors (Lipinski definition) is 0. The summed E-state index contributed by atoms with van der Waals surface area (Å²) in [5, 5.41) is 17.7. The zero-order valence-corrected chi connectivity index (χ0v) is 10.8. The van der Waals surface area contributed by atoms with E-state index in [0.717, 1.165) is 13.1 Å². The molecule has 0 radical (unpaired) electrons. The predicted molar refractivity (Wildman–Crippen MR) is 68.1 cm³/mol. The van der Waals surface area contributed by atoms with Crippen LogP contribution in [0, 0.1) is 0 Å². The van der Waals surface area contributed by atoms with E-state index in [-0.39, 0.29) is 11.8 Å². The van der Waals surface area contributed by atoms with E-state index in [0.29, 0.717) is 18.8 Å². The molecule has 0 bridgehead atoms. The van der Waals surface area contributed by atoms with Crippen LogP contribution in [0.4, 0.5) is 5.88 Å². The number of hydrogen-bond acceptors (Lipinski definition) is 6. The van der Waals surface area contributed by atoms with Crippen molar-refractivity contribution in [1.29, 1.82) is 0 Å². The van der Waals surface area contributed by atoms with E-state index < -0.39 is 0 Å². The summed E-state index contributed by atoms with van der Waals surface area (Å²) in [6.45, 7) is 2.75. The van der Waals surface area contributed by atoms with Gasteiger partial charge in [-0.05, 0) is 11.5 Å². The maximum Gasteiger partial charge on any atom is 0.324 e. The van der Waals surface area contributed by atoms with E-state index in [9.17, 15) is 5.11 Å². The lowest BCUT2D eigenvalue weighted by atomic mass is 10.2. The van der Waals surface area contributed by atoms with E-state index in [1.165, 1.54) is 0 Å². The van der Waals surface area contributed by atoms with Crippen molar-refractivity contribution in [2.24, 2.45) is 4.99 Å². The van der Waals surface area contributed by atoms with Crippen LogP contribution < -0.4 is 14.9 Å². The van der Waals surface area contributed by atoms with E-state index >= 15 is 0 Å². The van der Waals surface area contributed by atoms with E-state index in [2.05, 4.69) is 10.3 Å². The van der Waals surface area contributed by atoms with Gasteiger partial charge in [-0.15, -0.1) is 5.01 Å². The van der Waals surface area contributed by atoms with Gasteiger partial charge < -0.3 is 9.84 Å². The summed E-state index contributed by atoms with van der Waals surface area (Å²) in [6, 6.07) is 8.84. The van der Waals surface area contributed by atoms with Crippen molar-refractivity contribution in [3.63, 3.8) is 0 Å². The SMILES string of the molecule is [O-]C(=Nc1c[n+](N2CCOCC2)no1)c1ccccc1. The number of nitrogens with zero attached hydrogens (tertiary/aromatic N) is 4. The van der Waals surface area contributed by atoms with Gasteiger partial charge in [-0.3, -0.25) is 4.52 Å². The molecule has 1 saturated heterocycles. The minimum Gasteiger partial charge on any atom is -0.858 e. The molecule has 7 nitrogen and oxygen atoms in total. The van der Waals surface area contributed by atoms with Crippen molar-refractivity contribution in [1.82, 2.24) is 5.27 Å². The zero-order valence-electron chi connectivity index (χ0n) is 10.8. The molecule has 0 aliphatic carbocycles. The van der Waals surface area contributed by atoms with Gasteiger partial charge in [0.05, 0.1) is 31.1 Å². The highest BCUT2D eigenvalue weighted by Gasteiger charge is 2.22. The summed E-state index contributed by atoms with van der Waals surface area (Å²) in [5.41, 5.74) is 0.516. The summed E-state index contributed by atoms with van der Waals surface area (Å²) < 4.78 is 10.3. The molecule has 3 rings (SSSR count). The standard InChI is InChI=1S/C13H14N4O3/c18-13(11-4-2-1-3-5-11)14-12-10-17(15-20-12)16-6-8-19-9-7-16/h1-5,10H,6-9H2. The van der Waals surface area contributed by atoms with Crippen molar-refractivity contribution < 1.29 is 19.2 Å². The van der Waals surface area contributed by atoms with Gasteiger partial charge in [-0.2, -0.15) is 0 Å². The minimum atomic E-state index is -0.351. The largest absolute Gasteiger partial charge is 0.858 e. The maximum absolute atomic E-state index is 11.9. The number of morpholine rings is 1. The number of ether oxygens (including phenoxy) is 1. The van der Waals surface area contributed by atoms with Crippen molar-refractivity contribution in [2.45, 2.75) is 0 Å². The van der Waals surface area contributed by atoms with Crippen LogP contribution in [0.5, 0.6) is 0 Å². The van der Waals surface area contributed by atoms with Gasteiger partial charge in [-0.25, -0.2) is 4.99 Å². The Morgan fingerprint density at radius 3 is 2.75 bits per heavy atom. The Labute approximate surface area is 115 Å². The lowest BCUT2D eigenvalue weighted by molar-refractivity contribution is -0.759. The summed E-state index contributed by atoms with van der Waals surface area (Å²) in [5.74, 6) is -0.166. The number of benzene rings is 1. The molecule has 0 spiro atoms. The monoisotopic (exact) mass is 274 g/mol. The van der Waals surface area contributed by atoms with Crippen molar-refractivity contribution in [3.05, 3.63) is 42.1 Å². The molecule has 0 saturated carbocycles. The van der Waals surface area contributed by atoms with Crippen LogP contribution in [0.1, 0.15) is 5.56 Å². The van der Waals surface area contributed by atoms with Gasteiger partial charge in [0, 0.05) is 0 Å². The van der Waals surface area contributed by atoms with Gasteiger partial charge in [0.2, 0.25) is 5.27 Å². The van der Waals surface area contributed by atoms with Crippen LogP contribution in [0.25, 0.3) is 0 Å². The highest BCUT2D eigenvalue weighted by molar-refractivity contribution is 5.91. The first-order chi connectivity index (χ1) is 9.83. The van der Waals surface area contributed by atoms with Crippen molar-refractivity contribution in [2.75, 3.05) is 31.3 Å². The third kappa shape index (κ3) is 2.77. The summed E-state index contributed by atoms with van der Waals surface area (Å²) >= 11 is 0. The quantitative estimate of drug-likeness (QED) is 0.423. The molecule has 0 amide bonds. The van der Waals surface area contributed by atoms with Crippen LogP contribution in [0.3, 0.4) is 0 Å². The Morgan fingerprint density at radius 1 is 1.25 bits per heavy atom. The second-order valence-electron chi connectivity index (χ2n) is 4.31. The Morgan fingerprint density at radius 2 is 2.00 bits per heavy atom. The van der Waals surface area contributed by atoms with Gasteiger partial charge in [0.1, 0.15) is 0 Å². The first-order valence-corrected chi connectivity index (χ1v) is 6.36. The van der Waals surface area contributed by atoms with Gasteiger partial charge >= 0.3 is 5.88 Å². The molecule has 2 aromatic rings. The second-order valence-corrected chi connectivity index (χ2v) is 4.31. The average Bonchev–Trinajstić information content (AvgIpc) is 2.97. The Bertz CT molecular complexity index is 591. The van der Waals surface area contributed by atoms with Crippen LogP contribution in [-0.4, -0.2) is 37.5 Å². The highest BCUT2D eigenvalue weighted by atomic mass is 16.5. The highest BCUT2D eigenvalue weighted by Crippen LogP contribution is 2.08. The van der Waals surface area contributed by atoms with E-state index in [1.807, 2.05) is 11.1 Å². The normalized spacial score (nSPS) is 16.4. The van der Waals surface area contributed by atoms with Crippen LogP contribution in [-0.2, 0) is 4.74 Å². The molecule has 1 aromatic heterocycles. The van der Waals surface area contributed by atoms with Gasteiger partial charge in [0.25, 0.3) is 6.20 Å². The molecule has 0 atom stereocenters.